The highest BCUT2D eigenvalue weighted by Gasteiger charge is 2.16. The number of likely N-dealkylation sites (tertiary alicyclic amines) is 1. The molecular formula is C15H22N2O4S. The number of ether oxygens (including phenoxy) is 1. The highest BCUT2D eigenvalue weighted by molar-refractivity contribution is 7.89. The molecule has 1 saturated heterocycles. The minimum absolute atomic E-state index is 0.0802. The Balaban J connectivity index is 1.90. The molecule has 1 aliphatic heterocycles. The minimum atomic E-state index is -3.60. The molecule has 0 unspecified atom stereocenters. The molecule has 0 aromatic heterocycles. The fourth-order valence-corrected chi connectivity index (χ4v) is 3.63. The van der Waals surface area contributed by atoms with Gasteiger partial charge in [-0.15, -0.1) is 0 Å². The lowest BCUT2D eigenvalue weighted by molar-refractivity contribution is 0.0600. The topological polar surface area (TPSA) is 75.7 Å². The molecule has 22 heavy (non-hydrogen) atoms. The molecule has 122 valence electrons. The summed E-state index contributed by atoms with van der Waals surface area (Å²) in [4.78, 5) is 13.9. The predicted molar refractivity (Wildman–Crippen MR) is 83.3 cm³/mol. The summed E-state index contributed by atoms with van der Waals surface area (Å²) in [5.41, 5.74) is 0.224. The molecule has 1 N–H and O–H groups in total. The third-order valence-electron chi connectivity index (χ3n) is 3.71. The van der Waals surface area contributed by atoms with Crippen LogP contribution in [0.3, 0.4) is 0 Å². The van der Waals surface area contributed by atoms with Gasteiger partial charge in [0.2, 0.25) is 10.0 Å². The summed E-state index contributed by atoms with van der Waals surface area (Å²) in [7, 11) is -2.33. The van der Waals surface area contributed by atoms with Crippen LogP contribution in [0, 0.1) is 0 Å². The number of hydrogen-bond acceptors (Lipinski definition) is 5. The Labute approximate surface area is 131 Å². The van der Waals surface area contributed by atoms with Crippen molar-refractivity contribution in [1.82, 2.24) is 9.62 Å². The predicted octanol–water partition coefficient (Wildman–Crippen LogP) is 1.24. The Hall–Kier alpha value is -1.44. The van der Waals surface area contributed by atoms with E-state index in [2.05, 4.69) is 14.4 Å². The van der Waals surface area contributed by atoms with Crippen LogP contribution in [0.2, 0.25) is 0 Å². The fourth-order valence-electron chi connectivity index (χ4n) is 2.51. The van der Waals surface area contributed by atoms with Gasteiger partial charge in [-0.05, 0) is 57.1 Å². The van der Waals surface area contributed by atoms with E-state index in [9.17, 15) is 13.2 Å². The van der Waals surface area contributed by atoms with Crippen molar-refractivity contribution in [3.8, 4) is 0 Å². The van der Waals surface area contributed by atoms with E-state index in [-0.39, 0.29) is 10.5 Å². The molecule has 0 saturated carbocycles. The van der Waals surface area contributed by atoms with Crippen LogP contribution in [-0.4, -0.2) is 52.6 Å². The fraction of sp³-hybridized carbons (Fsp3) is 0.533. The normalized spacial score (nSPS) is 15.9. The number of methoxy groups -OCH3 is 1. The van der Waals surface area contributed by atoms with Gasteiger partial charge in [0.05, 0.1) is 17.6 Å². The number of benzene rings is 1. The highest BCUT2D eigenvalue weighted by atomic mass is 32.2. The number of carbonyl (C=O) groups excluding carboxylic acids is 1. The lowest BCUT2D eigenvalue weighted by atomic mass is 10.2. The Morgan fingerprint density at radius 2 is 2.05 bits per heavy atom. The van der Waals surface area contributed by atoms with Crippen LogP contribution in [-0.2, 0) is 14.8 Å². The number of sulfonamides is 1. The summed E-state index contributed by atoms with van der Waals surface area (Å²) in [6, 6.07) is 5.85. The first-order chi connectivity index (χ1) is 10.5. The molecule has 1 heterocycles. The van der Waals surface area contributed by atoms with Crippen molar-refractivity contribution in [2.45, 2.75) is 24.2 Å². The smallest absolute Gasteiger partial charge is 0.337 e. The molecule has 0 atom stereocenters. The number of nitrogens with one attached hydrogen (secondary N) is 1. The number of hydrogen-bond donors (Lipinski definition) is 1. The monoisotopic (exact) mass is 326 g/mol. The zero-order valence-electron chi connectivity index (χ0n) is 12.7. The lowest BCUT2D eigenvalue weighted by Crippen LogP contribution is -2.28. The van der Waals surface area contributed by atoms with E-state index in [4.69, 9.17) is 0 Å². The second kappa shape index (κ2) is 7.71. The molecule has 0 amide bonds. The van der Waals surface area contributed by atoms with Gasteiger partial charge in [0.15, 0.2) is 0 Å². The standard InChI is InChI=1S/C15H22N2O4S/c1-21-15(18)13-6-4-7-14(12-13)22(19,20)16-8-5-11-17-9-2-3-10-17/h4,6-7,12,16H,2-3,5,8-11H2,1H3. The summed E-state index contributed by atoms with van der Waals surface area (Å²) in [6.45, 7) is 3.51. The summed E-state index contributed by atoms with van der Waals surface area (Å²) in [6.07, 6.45) is 3.23. The van der Waals surface area contributed by atoms with E-state index in [0.29, 0.717) is 6.54 Å². The van der Waals surface area contributed by atoms with Crippen molar-refractivity contribution in [2.75, 3.05) is 33.3 Å². The maximum absolute atomic E-state index is 12.2. The van der Waals surface area contributed by atoms with Crippen molar-refractivity contribution in [3.05, 3.63) is 29.8 Å². The maximum Gasteiger partial charge on any atom is 0.337 e. The minimum Gasteiger partial charge on any atom is -0.465 e. The zero-order valence-corrected chi connectivity index (χ0v) is 13.6. The second-order valence-corrected chi connectivity index (χ2v) is 7.09. The highest BCUT2D eigenvalue weighted by Crippen LogP contribution is 2.12. The van der Waals surface area contributed by atoms with Gasteiger partial charge in [-0.1, -0.05) is 6.07 Å². The molecule has 1 aromatic carbocycles. The first-order valence-electron chi connectivity index (χ1n) is 7.43. The SMILES string of the molecule is COC(=O)c1cccc(S(=O)(=O)NCCCN2CCCC2)c1. The van der Waals surface area contributed by atoms with Gasteiger partial charge >= 0.3 is 5.97 Å². The quantitative estimate of drug-likeness (QED) is 0.603. The average molecular weight is 326 g/mol. The number of rotatable bonds is 7. The van der Waals surface area contributed by atoms with Crippen molar-refractivity contribution in [1.29, 1.82) is 0 Å². The number of esters is 1. The van der Waals surface area contributed by atoms with Crippen LogP contribution in [0.15, 0.2) is 29.2 Å². The first-order valence-corrected chi connectivity index (χ1v) is 8.91. The first kappa shape index (κ1) is 16.9. The molecule has 6 nitrogen and oxygen atoms in total. The van der Waals surface area contributed by atoms with E-state index < -0.39 is 16.0 Å². The molecule has 0 radical (unpaired) electrons. The molecule has 1 aliphatic rings. The van der Waals surface area contributed by atoms with E-state index >= 15 is 0 Å². The molecule has 0 aliphatic carbocycles. The summed E-state index contributed by atoms with van der Waals surface area (Å²) in [5, 5.41) is 0. The zero-order chi connectivity index (χ0) is 16.0. The summed E-state index contributed by atoms with van der Waals surface area (Å²) >= 11 is 0. The Morgan fingerprint density at radius 1 is 1.32 bits per heavy atom. The molecule has 2 rings (SSSR count). The maximum atomic E-state index is 12.2. The van der Waals surface area contributed by atoms with Crippen LogP contribution >= 0.6 is 0 Å². The summed E-state index contributed by atoms with van der Waals surface area (Å²) < 4.78 is 31.6. The van der Waals surface area contributed by atoms with E-state index in [0.717, 1.165) is 26.1 Å². The lowest BCUT2D eigenvalue weighted by Gasteiger charge is -2.14. The van der Waals surface area contributed by atoms with Crippen LogP contribution in [0.1, 0.15) is 29.6 Å². The van der Waals surface area contributed by atoms with Crippen LogP contribution in [0.5, 0.6) is 0 Å². The van der Waals surface area contributed by atoms with Crippen molar-refractivity contribution in [3.63, 3.8) is 0 Å². The largest absolute Gasteiger partial charge is 0.465 e. The third-order valence-corrected chi connectivity index (χ3v) is 5.17. The molecule has 7 heteroatoms. The van der Waals surface area contributed by atoms with Gasteiger partial charge in [0.25, 0.3) is 0 Å². The van der Waals surface area contributed by atoms with Gasteiger partial charge in [0, 0.05) is 6.54 Å². The third kappa shape index (κ3) is 4.53. The molecule has 1 aromatic rings. The molecular weight excluding hydrogens is 304 g/mol. The van der Waals surface area contributed by atoms with Crippen LogP contribution in [0.25, 0.3) is 0 Å². The van der Waals surface area contributed by atoms with E-state index in [1.165, 1.54) is 44.2 Å². The Bertz CT molecular complexity index is 610. The van der Waals surface area contributed by atoms with Gasteiger partial charge < -0.3 is 9.64 Å². The van der Waals surface area contributed by atoms with Gasteiger partial charge in [-0.25, -0.2) is 17.9 Å². The molecule has 1 fully saturated rings. The van der Waals surface area contributed by atoms with Gasteiger partial charge in [0.1, 0.15) is 0 Å². The molecule has 0 bridgehead atoms. The summed E-state index contributed by atoms with van der Waals surface area (Å²) in [5.74, 6) is -0.550. The van der Waals surface area contributed by atoms with Gasteiger partial charge in [-0.2, -0.15) is 0 Å². The van der Waals surface area contributed by atoms with Crippen molar-refractivity contribution in [2.24, 2.45) is 0 Å². The number of carbonyl (C=O) groups is 1. The second-order valence-electron chi connectivity index (χ2n) is 5.32. The van der Waals surface area contributed by atoms with Crippen molar-refractivity contribution >= 4 is 16.0 Å². The van der Waals surface area contributed by atoms with Crippen LogP contribution in [0.4, 0.5) is 0 Å². The Kier molecular flexibility index (Phi) is 5.93. The van der Waals surface area contributed by atoms with Gasteiger partial charge in [-0.3, -0.25) is 0 Å². The Morgan fingerprint density at radius 3 is 2.73 bits per heavy atom. The average Bonchev–Trinajstić information content (AvgIpc) is 3.04. The van der Waals surface area contributed by atoms with Crippen molar-refractivity contribution < 1.29 is 17.9 Å². The number of nitrogens with zero attached hydrogens (tertiary/aromatic N) is 1. The van der Waals surface area contributed by atoms with E-state index in [1.54, 1.807) is 0 Å². The van der Waals surface area contributed by atoms with Crippen LogP contribution < -0.4 is 4.72 Å². The van der Waals surface area contributed by atoms with E-state index in [1.807, 2.05) is 0 Å². The molecule has 0 spiro atoms.